The molecule has 1 aromatic heterocycles. The normalized spacial score (nSPS) is 10.8. The summed E-state index contributed by atoms with van der Waals surface area (Å²) in [5.74, 6) is 2.06. The molecule has 0 saturated heterocycles. The fraction of sp³-hybridized carbons (Fsp3) is 0.176. The first kappa shape index (κ1) is 17.1. The van der Waals surface area contributed by atoms with E-state index >= 15 is 0 Å². The van der Waals surface area contributed by atoms with Crippen molar-refractivity contribution in [2.45, 2.75) is 12.1 Å². The molecule has 4 nitrogen and oxygen atoms in total. The minimum absolute atomic E-state index is 0.467. The van der Waals surface area contributed by atoms with Gasteiger partial charge in [-0.3, -0.25) is 4.57 Å². The lowest BCUT2D eigenvalue weighted by Gasteiger charge is -2.10. The van der Waals surface area contributed by atoms with E-state index in [0.29, 0.717) is 28.2 Å². The quantitative estimate of drug-likeness (QED) is 0.443. The van der Waals surface area contributed by atoms with E-state index in [1.165, 1.54) is 0 Å². The van der Waals surface area contributed by atoms with Crippen molar-refractivity contribution in [2.75, 3.05) is 12.4 Å². The van der Waals surface area contributed by atoms with Crippen molar-refractivity contribution >= 4 is 35.0 Å². The van der Waals surface area contributed by atoms with Gasteiger partial charge in [0.25, 0.3) is 0 Å². The Labute approximate surface area is 154 Å². The van der Waals surface area contributed by atoms with E-state index in [4.69, 9.17) is 27.9 Å². The molecule has 1 heterocycles. The molecule has 2 aromatic carbocycles. The maximum atomic E-state index is 6.09. The van der Waals surface area contributed by atoms with Crippen LogP contribution < -0.4 is 4.74 Å². The van der Waals surface area contributed by atoms with E-state index in [1.807, 2.05) is 41.8 Å². The Morgan fingerprint density at radius 3 is 2.42 bits per heavy atom. The molecule has 24 heavy (non-hydrogen) atoms. The average Bonchev–Trinajstić information content (AvgIpc) is 2.95. The van der Waals surface area contributed by atoms with Crippen LogP contribution in [-0.4, -0.2) is 27.1 Å². The van der Waals surface area contributed by atoms with Crippen LogP contribution >= 0.6 is 35.0 Å². The first-order valence-electron chi connectivity index (χ1n) is 7.34. The molecule has 0 unspecified atom stereocenters. The van der Waals surface area contributed by atoms with Crippen LogP contribution in [0.1, 0.15) is 5.82 Å². The predicted molar refractivity (Wildman–Crippen MR) is 98.8 cm³/mol. The summed E-state index contributed by atoms with van der Waals surface area (Å²) in [5, 5.41) is 10.3. The van der Waals surface area contributed by atoms with Gasteiger partial charge in [-0.05, 0) is 31.2 Å². The van der Waals surface area contributed by atoms with Crippen molar-refractivity contribution in [3.05, 3.63) is 64.4 Å². The second-order valence-corrected chi connectivity index (χ2v) is 6.82. The summed E-state index contributed by atoms with van der Waals surface area (Å²) in [6, 6.07) is 15.3. The molecular weight excluding hydrogens is 365 g/mol. The largest absolute Gasteiger partial charge is 0.490 e. The van der Waals surface area contributed by atoms with Crippen LogP contribution in [-0.2, 0) is 0 Å². The molecule has 0 atom stereocenters. The van der Waals surface area contributed by atoms with Crippen LogP contribution in [0.25, 0.3) is 5.69 Å². The van der Waals surface area contributed by atoms with E-state index in [1.54, 1.807) is 30.0 Å². The molecule has 0 saturated carbocycles. The molecule has 0 bridgehead atoms. The SMILES string of the molecule is Cc1nnc(SCCOc2c(Cl)cccc2Cl)n1-c1ccccc1. The molecule has 3 aromatic rings. The number of ether oxygens (including phenoxy) is 1. The van der Waals surface area contributed by atoms with E-state index in [2.05, 4.69) is 10.2 Å². The average molecular weight is 380 g/mol. The Morgan fingerprint density at radius 1 is 1.00 bits per heavy atom. The van der Waals surface area contributed by atoms with Gasteiger partial charge in [-0.25, -0.2) is 0 Å². The summed E-state index contributed by atoms with van der Waals surface area (Å²) in [5.41, 5.74) is 1.04. The molecule has 3 rings (SSSR count). The number of halogens is 2. The van der Waals surface area contributed by atoms with Crippen LogP contribution in [0.2, 0.25) is 10.0 Å². The molecule has 0 fully saturated rings. The summed E-state index contributed by atoms with van der Waals surface area (Å²) in [4.78, 5) is 0. The monoisotopic (exact) mass is 379 g/mol. The molecule has 0 aliphatic rings. The Bertz CT molecular complexity index is 804. The van der Waals surface area contributed by atoms with Crippen LogP contribution in [0, 0.1) is 6.92 Å². The Balaban J connectivity index is 1.64. The standard InChI is InChI=1S/C17H15Cl2N3OS/c1-12-20-21-17(22(12)13-6-3-2-4-7-13)24-11-10-23-16-14(18)8-5-9-15(16)19/h2-9H,10-11H2,1H3. The van der Waals surface area contributed by atoms with Gasteiger partial charge >= 0.3 is 0 Å². The molecular formula is C17H15Cl2N3OS. The third kappa shape index (κ3) is 3.86. The van der Waals surface area contributed by atoms with E-state index < -0.39 is 0 Å². The first-order chi connectivity index (χ1) is 11.7. The third-order valence-electron chi connectivity index (χ3n) is 3.29. The highest BCUT2D eigenvalue weighted by Gasteiger charge is 2.12. The second-order valence-electron chi connectivity index (χ2n) is 4.95. The van der Waals surface area contributed by atoms with Crippen molar-refractivity contribution < 1.29 is 4.74 Å². The van der Waals surface area contributed by atoms with Gasteiger partial charge < -0.3 is 4.74 Å². The van der Waals surface area contributed by atoms with Gasteiger partial charge in [0.1, 0.15) is 5.82 Å². The molecule has 0 aliphatic carbocycles. The van der Waals surface area contributed by atoms with Gasteiger partial charge in [-0.1, -0.05) is 59.2 Å². The number of aromatic nitrogens is 3. The van der Waals surface area contributed by atoms with Crippen molar-refractivity contribution in [1.29, 1.82) is 0 Å². The number of para-hydroxylation sites is 2. The molecule has 7 heteroatoms. The zero-order chi connectivity index (χ0) is 16.9. The number of aryl methyl sites for hydroxylation is 1. The number of hydrogen-bond acceptors (Lipinski definition) is 4. The number of nitrogens with zero attached hydrogens (tertiary/aromatic N) is 3. The highest BCUT2D eigenvalue weighted by molar-refractivity contribution is 7.99. The lowest BCUT2D eigenvalue weighted by Crippen LogP contribution is -2.04. The second kappa shape index (κ2) is 7.92. The Hall–Kier alpha value is -1.69. The van der Waals surface area contributed by atoms with Gasteiger partial charge in [-0.15, -0.1) is 10.2 Å². The van der Waals surface area contributed by atoms with Crippen LogP contribution in [0.3, 0.4) is 0 Å². The summed E-state index contributed by atoms with van der Waals surface area (Å²) >= 11 is 13.8. The Morgan fingerprint density at radius 2 is 1.71 bits per heavy atom. The Kier molecular flexibility index (Phi) is 5.66. The van der Waals surface area contributed by atoms with Crippen molar-refractivity contribution in [1.82, 2.24) is 14.8 Å². The lowest BCUT2D eigenvalue weighted by atomic mass is 10.3. The fourth-order valence-electron chi connectivity index (χ4n) is 2.21. The predicted octanol–water partition coefficient (Wildman–Crippen LogP) is 5.05. The minimum Gasteiger partial charge on any atom is -0.490 e. The number of rotatable bonds is 6. The van der Waals surface area contributed by atoms with Crippen LogP contribution in [0.15, 0.2) is 53.7 Å². The number of hydrogen-bond donors (Lipinski definition) is 0. The van der Waals surface area contributed by atoms with Crippen molar-refractivity contribution in [3.63, 3.8) is 0 Å². The molecule has 0 aliphatic heterocycles. The van der Waals surface area contributed by atoms with Gasteiger partial charge in [-0.2, -0.15) is 0 Å². The zero-order valence-electron chi connectivity index (χ0n) is 12.9. The smallest absolute Gasteiger partial charge is 0.195 e. The molecule has 0 amide bonds. The zero-order valence-corrected chi connectivity index (χ0v) is 15.3. The maximum absolute atomic E-state index is 6.09. The lowest BCUT2D eigenvalue weighted by molar-refractivity contribution is 0.344. The topological polar surface area (TPSA) is 39.9 Å². The van der Waals surface area contributed by atoms with Crippen molar-refractivity contribution in [2.24, 2.45) is 0 Å². The van der Waals surface area contributed by atoms with Gasteiger partial charge in [0.15, 0.2) is 10.9 Å². The number of benzene rings is 2. The van der Waals surface area contributed by atoms with Gasteiger partial charge in [0, 0.05) is 11.4 Å². The highest BCUT2D eigenvalue weighted by Crippen LogP contribution is 2.32. The van der Waals surface area contributed by atoms with Crippen LogP contribution in [0.5, 0.6) is 5.75 Å². The van der Waals surface area contributed by atoms with Gasteiger partial charge in [0.2, 0.25) is 0 Å². The van der Waals surface area contributed by atoms with E-state index in [-0.39, 0.29) is 0 Å². The molecule has 0 N–H and O–H groups in total. The van der Waals surface area contributed by atoms with E-state index in [9.17, 15) is 0 Å². The first-order valence-corrected chi connectivity index (χ1v) is 9.08. The van der Waals surface area contributed by atoms with Crippen molar-refractivity contribution in [3.8, 4) is 11.4 Å². The summed E-state index contributed by atoms with van der Waals surface area (Å²) in [6.07, 6.45) is 0. The third-order valence-corrected chi connectivity index (χ3v) is 4.78. The molecule has 0 spiro atoms. The van der Waals surface area contributed by atoms with Gasteiger partial charge in [0.05, 0.1) is 16.7 Å². The minimum atomic E-state index is 0.467. The number of thioether (sulfide) groups is 1. The summed E-state index contributed by atoms with van der Waals surface area (Å²) in [7, 11) is 0. The fourth-order valence-corrected chi connectivity index (χ4v) is 3.53. The maximum Gasteiger partial charge on any atom is 0.195 e. The summed E-state index contributed by atoms with van der Waals surface area (Å²) < 4.78 is 7.72. The molecule has 0 radical (unpaired) electrons. The summed E-state index contributed by atoms with van der Waals surface area (Å²) in [6.45, 7) is 2.40. The highest BCUT2D eigenvalue weighted by atomic mass is 35.5. The van der Waals surface area contributed by atoms with Crippen LogP contribution in [0.4, 0.5) is 0 Å². The molecule has 124 valence electrons. The van der Waals surface area contributed by atoms with E-state index in [0.717, 1.165) is 16.7 Å².